The van der Waals surface area contributed by atoms with E-state index < -0.39 is 18.5 Å². The summed E-state index contributed by atoms with van der Waals surface area (Å²) in [5.74, 6) is -0.899. The van der Waals surface area contributed by atoms with Gasteiger partial charge in [-0.25, -0.2) is 4.79 Å². The molecule has 0 saturated carbocycles. The van der Waals surface area contributed by atoms with Crippen LogP contribution in [0.5, 0.6) is 0 Å². The maximum atomic E-state index is 12.1. The lowest BCUT2D eigenvalue weighted by molar-refractivity contribution is -0.144. The molecule has 0 aromatic heterocycles. The van der Waals surface area contributed by atoms with Crippen molar-refractivity contribution in [3.8, 4) is 6.07 Å². The molecule has 2 rings (SSSR count). The van der Waals surface area contributed by atoms with Crippen LogP contribution in [0, 0.1) is 11.3 Å². The maximum Gasteiger partial charge on any atom is 0.349 e. The molecule has 0 aliphatic carbocycles. The SMILES string of the molecule is CC(C)c1ccc(/C=C(\C#N)C(=O)OCC(=O)NCc2ccc(Cl)cc2)cc1. The number of hydrogen-bond acceptors (Lipinski definition) is 4. The van der Waals surface area contributed by atoms with Crippen LogP contribution in [0.25, 0.3) is 6.08 Å². The minimum atomic E-state index is -0.836. The van der Waals surface area contributed by atoms with Crippen molar-refractivity contribution < 1.29 is 14.3 Å². The first-order valence-corrected chi connectivity index (χ1v) is 9.17. The van der Waals surface area contributed by atoms with E-state index in [0.29, 0.717) is 16.5 Å². The van der Waals surface area contributed by atoms with Crippen LogP contribution in [-0.4, -0.2) is 18.5 Å². The number of nitrogens with zero attached hydrogens (tertiary/aromatic N) is 1. The molecule has 0 radical (unpaired) electrons. The number of carbonyl (C=O) groups is 2. The van der Waals surface area contributed by atoms with Crippen LogP contribution in [0.3, 0.4) is 0 Å². The molecule has 0 saturated heterocycles. The Labute approximate surface area is 169 Å². The second-order valence-electron chi connectivity index (χ2n) is 6.47. The Bertz CT molecular complexity index is 895. The van der Waals surface area contributed by atoms with Crippen molar-refractivity contribution in [1.82, 2.24) is 5.32 Å². The lowest BCUT2D eigenvalue weighted by Crippen LogP contribution is -2.28. The number of benzene rings is 2. The zero-order valence-corrected chi connectivity index (χ0v) is 16.5. The average molecular weight is 397 g/mol. The summed E-state index contributed by atoms with van der Waals surface area (Å²) in [5.41, 5.74) is 2.58. The van der Waals surface area contributed by atoms with Gasteiger partial charge in [0.2, 0.25) is 0 Å². The molecule has 28 heavy (non-hydrogen) atoms. The number of rotatable bonds is 7. The van der Waals surface area contributed by atoms with Crippen LogP contribution in [-0.2, 0) is 20.9 Å². The third-order valence-electron chi connectivity index (χ3n) is 3.99. The lowest BCUT2D eigenvalue weighted by Gasteiger charge is -2.07. The Morgan fingerprint density at radius 3 is 2.36 bits per heavy atom. The van der Waals surface area contributed by atoms with E-state index in [2.05, 4.69) is 19.2 Å². The van der Waals surface area contributed by atoms with Crippen LogP contribution < -0.4 is 5.32 Å². The molecule has 0 atom stereocenters. The Hall–Kier alpha value is -3.10. The van der Waals surface area contributed by atoms with E-state index in [4.69, 9.17) is 16.3 Å². The summed E-state index contributed by atoms with van der Waals surface area (Å²) in [6.07, 6.45) is 1.44. The summed E-state index contributed by atoms with van der Waals surface area (Å²) in [4.78, 5) is 23.9. The predicted octanol–water partition coefficient (Wildman–Crippen LogP) is 4.23. The number of ether oxygens (including phenoxy) is 1. The lowest BCUT2D eigenvalue weighted by atomic mass is 10.0. The summed E-state index contributed by atoms with van der Waals surface area (Å²) in [5, 5.41) is 12.5. The van der Waals surface area contributed by atoms with E-state index in [0.717, 1.165) is 11.1 Å². The first-order chi connectivity index (χ1) is 13.4. The molecule has 144 valence electrons. The average Bonchev–Trinajstić information content (AvgIpc) is 2.70. The number of amides is 1. The fourth-order valence-electron chi connectivity index (χ4n) is 2.34. The smallest absolute Gasteiger partial charge is 0.349 e. The van der Waals surface area contributed by atoms with Gasteiger partial charge in [0, 0.05) is 11.6 Å². The monoisotopic (exact) mass is 396 g/mol. The molecule has 5 nitrogen and oxygen atoms in total. The zero-order valence-electron chi connectivity index (χ0n) is 15.7. The Morgan fingerprint density at radius 2 is 1.79 bits per heavy atom. The number of nitrogens with one attached hydrogen (secondary N) is 1. The van der Waals surface area contributed by atoms with Gasteiger partial charge in [0.25, 0.3) is 5.91 Å². The van der Waals surface area contributed by atoms with E-state index in [1.165, 1.54) is 6.08 Å². The first-order valence-electron chi connectivity index (χ1n) is 8.79. The van der Waals surface area contributed by atoms with Gasteiger partial charge in [-0.3, -0.25) is 4.79 Å². The minimum absolute atomic E-state index is 0.164. The minimum Gasteiger partial charge on any atom is -0.451 e. The van der Waals surface area contributed by atoms with Gasteiger partial charge in [0.1, 0.15) is 11.6 Å². The summed E-state index contributed by atoms with van der Waals surface area (Å²) in [6.45, 7) is 4.00. The molecular weight excluding hydrogens is 376 g/mol. The van der Waals surface area contributed by atoms with Crippen molar-refractivity contribution in [3.63, 3.8) is 0 Å². The molecule has 1 N–H and O–H groups in total. The molecule has 0 aliphatic rings. The van der Waals surface area contributed by atoms with E-state index in [-0.39, 0.29) is 12.1 Å². The van der Waals surface area contributed by atoms with Gasteiger partial charge in [-0.05, 0) is 40.8 Å². The zero-order chi connectivity index (χ0) is 20.5. The van der Waals surface area contributed by atoms with Crippen LogP contribution >= 0.6 is 11.6 Å². The molecule has 0 fully saturated rings. The highest BCUT2D eigenvalue weighted by Gasteiger charge is 2.13. The fourth-order valence-corrected chi connectivity index (χ4v) is 2.47. The molecule has 0 heterocycles. The van der Waals surface area contributed by atoms with E-state index >= 15 is 0 Å². The Kier molecular flexibility index (Phi) is 7.79. The molecule has 0 aliphatic heterocycles. The second kappa shape index (κ2) is 10.3. The molecule has 2 aromatic carbocycles. The Balaban J connectivity index is 1.88. The van der Waals surface area contributed by atoms with Crippen molar-refractivity contribution in [3.05, 3.63) is 75.8 Å². The highest BCUT2D eigenvalue weighted by atomic mass is 35.5. The molecule has 0 unspecified atom stereocenters. The van der Waals surface area contributed by atoms with Gasteiger partial charge in [-0.1, -0.05) is 61.8 Å². The molecule has 0 spiro atoms. The third kappa shape index (κ3) is 6.57. The van der Waals surface area contributed by atoms with Crippen LogP contribution in [0.2, 0.25) is 5.02 Å². The third-order valence-corrected chi connectivity index (χ3v) is 4.24. The van der Waals surface area contributed by atoms with Gasteiger partial charge >= 0.3 is 5.97 Å². The first kappa shape index (κ1) is 21.2. The van der Waals surface area contributed by atoms with Crippen molar-refractivity contribution in [2.45, 2.75) is 26.3 Å². The highest BCUT2D eigenvalue weighted by Crippen LogP contribution is 2.16. The number of halogens is 1. The maximum absolute atomic E-state index is 12.1. The number of nitriles is 1. The fraction of sp³-hybridized carbons (Fsp3) is 0.227. The predicted molar refractivity (Wildman–Crippen MR) is 108 cm³/mol. The summed E-state index contributed by atoms with van der Waals surface area (Å²) < 4.78 is 4.94. The van der Waals surface area contributed by atoms with Crippen molar-refractivity contribution in [2.24, 2.45) is 0 Å². The normalized spacial score (nSPS) is 11.0. The number of esters is 1. The quantitative estimate of drug-likeness (QED) is 0.431. The van der Waals surface area contributed by atoms with Crippen molar-refractivity contribution >= 4 is 29.6 Å². The van der Waals surface area contributed by atoms with Gasteiger partial charge in [0.05, 0.1) is 0 Å². The molecule has 0 bridgehead atoms. The topological polar surface area (TPSA) is 79.2 Å². The number of hydrogen-bond donors (Lipinski definition) is 1. The van der Waals surface area contributed by atoms with Crippen molar-refractivity contribution in [1.29, 1.82) is 5.26 Å². The second-order valence-corrected chi connectivity index (χ2v) is 6.91. The van der Waals surface area contributed by atoms with Crippen LogP contribution in [0.1, 0.15) is 36.5 Å². The van der Waals surface area contributed by atoms with E-state index in [1.807, 2.05) is 30.3 Å². The molecular formula is C22H21ClN2O3. The molecule has 2 aromatic rings. The summed E-state index contributed by atoms with van der Waals surface area (Å²) >= 11 is 5.81. The number of carbonyl (C=O) groups excluding carboxylic acids is 2. The highest BCUT2D eigenvalue weighted by molar-refractivity contribution is 6.30. The van der Waals surface area contributed by atoms with Gasteiger partial charge < -0.3 is 10.1 Å². The summed E-state index contributed by atoms with van der Waals surface area (Å²) in [6, 6.07) is 16.4. The van der Waals surface area contributed by atoms with Gasteiger partial charge in [-0.15, -0.1) is 0 Å². The molecule has 6 heteroatoms. The standard InChI is InChI=1S/C22H21ClN2O3/c1-15(2)18-7-3-16(4-8-18)11-19(12-24)22(27)28-14-21(26)25-13-17-5-9-20(23)10-6-17/h3-11,15H,13-14H2,1-2H3,(H,25,26)/b19-11+. The van der Waals surface area contributed by atoms with E-state index in [1.54, 1.807) is 24.3 Å². The summed E-state index contributed by atoms with van der Waals surface area (Å²) in [7, 11) is 0. The van der Waals surface area contributed by atoms with Crippen LogP contribution in [0.4, 0.5) is 0 Å². The Morgan fingerprint density at radius 1 is 1.14 bits per heavy atom. The van der Waals surface area contributed by atoms with Crippen molar-refractivity contribution in [2.75, 3.05) is 6.61 Å². The molecule has 1 amide bonds. The van der Waals surface area contributed by atoms with Gasteiger partial charge in [-0.2, -0.15) is 5.26 Å². The van der Waals surface area contributed by atoms with E-state index in [9.17, 15) is 14.9 Å². The van der Waals surface area contributed by atoms with Crippen LogP contribution in [0.15, 0.2) is 54.1 Å². The largest absolute Gasteiger partial charge is 0.451 e. The van der Waals surface area contributed by atoms with Gasteiger partial charge in [0.15, 0.2) is 6.61 Å².